The van der Waals surface area contributed by atoms with E-state index in [-0.39, 0.29) is 12.7 Å². The van der Waals surface area contributed by atoms with Crippen LogP contribution in [0.25, 0.3) is 0 Å². The van der Waals surface area contributed by atoms with E-state index in [1.165, 1.54) is 13.8 Å². The van der Waals surface area contributed by atoms with Crippen LogP contribution in [0.5, 0.6) is 0 Å². The second-order valence-corrected chi connectivity index (χ2v) is 4.77. The minimum absolute atomic E-state index is 0.0426. The van der Waals surface area contributed by atoms with E-state index in [4.69, 9.17) is 14.2 Å². The van der Waals surface area contributed by atoms with Crippen LogP contribution in [-0.2, 0) is 23.8 Å². The number of ether oxygens (including phenoxy) is 3. The highest BCUT2D eigenvalue weighted by Crippen LogP contribution is 2.27. The molecule has 1 aromatic carbocycles. The van der Waals surface area contributed by atoms with Gasteiger partial charge in [0.2, 0.25) is 0 Å². The highest BCUT2D eigenvalue weighted by atomic mass is 16.6. The molecule has 1 aliphatic heterocycles. The topological polar surface area (TPSA) is 61.8 Å². The van der Waals surface area contributed by atoms with Crippen molar-refractivity contribution in [3.8, 4) is 0 Å². The van der Waals surface area contributed by atoms with Crippen molar-refractivity contribution in [2.24, 2.45) is 0 Å². The van der Waals surface area contributed by atoms with Gasteiger partial charge in [-0.05, 0) is 11.6 Å². The van der Waals surface area contributed by atoms with E-state index < -0.39 is 24.1 Å². The van der Waals surface area contributed by atoms with E-state index in [0.717, 1.165) is 5.56 Å². The van der Waals surface area contributed by atoms with E-state index >= 15 is 0 Å². The van der Waals surface area contributed by atoms with Crippen LogP contribution in [0.15, 0.2) is 42.5 Å². The monoisotopic (exact) mass is 290 g/mol. The average Bonchev–Trinajstić information content (AvgIpc) is 2.46. The largest absolute Gasteiger partial charge is 0.463 e. The molecular formula is C16H18O5. The number of carbonyl (C=O) groups excluding carboxylic acids is 2. The molecule has 3 atom stereocenters. The molecule has 2 rings (SSSR count). The lowest BCUT2D eigenvalue weighted by Crippen LogP contribution is -2.39. The molecule has 0 saturated carbocycles. The molecule has 5 nitrogen and oxygen atoms in total. The van der Waals surface area contributed by atoms with Crippen molar-refractivity contribution < 1.29 is 23.8 Å². The number of carbonyl (C=O) groups is 2. The fraction of sp³-hybridized carbons (Fsp3) is 0.375. The molecule has 0 radical (unpaired) electrons. The first-order chi connectivity index (χ1) is 10.1. The molecule has 112 valence electrons. The van der Waals surface area contributed by atoms with Gasteiger partial charge in [0.15, 0.2) is 0 Å². The van der Waals surface area contributed by atoms with Gasteiger partial charge in [-0.25, -0.2) is 0 Å². The second kappa shape index (κ2) is 7.04. The quantitative estimate of drug-likeness (QED) is 0.628. The Balaban J connectivity index is 2.12. The van der Waals surface area contributed by atoms with Crippen LogP contribution in [0.4, 0.5) is 0 Å². The number of esters is 2. The molecule has 0 saturated heterocycles. The first-order valence-electron chi connectivity index (χ1n) is 6.75. The summed E-state index contributed by atoms with van der Waals surface area (Å²) >= 11 is 0. The maximum absolute atomic E-state index is 11.1. The third-order valence-electron chi connectivity index (χ3n) is 3.04. The zero-order chi connectivity index (χ0) is 15.2. The van der Waals surface area contributed by atoms with Gasteiger partial charge in [0.25, 0.3) is 0 Å². The standard InChI is InChI=1S/C16H18O5/c1-11(17)19-10-16-15(20-12(2)18)9-8-14(21-16)13-6-4-3-5-7-13/h3-9,14-16H,10H2,1-2H3/t14-,15+,16+/m0/s1. The lowest BCUT2D eigenvalue weighted by atomic mass is 10.0. The smallest absolute Gasteiger partial charge is 0.303 e. The van der Waals surface area contributed by atoms with E-state index in [1.807, 2.05) is 36.4 Å². The Morgan fingerprint density at radius 2 is 1.81 bits per heavy atom. The van der Waals surface area contributed by atoms with Gasteiger partial charge in [-0.2, -0.15) is 0 Å². The molecule has 0 amide bonds. The minimum atomic E-state index is -0.554. The molecule has 0 spiro atoms. The Bertz CT molecular complexity index is 523. The summed E-state index contributed by atoms with van der Waals surface area (Å²) in [7, 11) is 0. The summed E-state index contributed by atoms with van der Waals surface area (Å²) in [6, 6.07) is 9.67. The Labute approximate surface area is 123 Å². The van der Waals surface area contributed by atoms with Gasteiger partial charge < -0.3 is 14.2 Å². The molecule has 21 heavy (non-hydrogen) atoms. The van der Waals surface area contributed by atoms with Gasteiger partial charge in [0.1, 0.15) is 24.9 Å². The third-order valence-corrected chi connectivity index (χ3v) is 3.04. The predicted molar refractivity (Wildman–Crippen MR) is 75.4 cm³/mol. The summed E-state index contributed by atoms with van der Waals surface area (Å²) in [5.74, 6) is -0.801. The molecule has 0 bridgehead atoms. The van der Waals surface area contributed by atoms with Crippen molar-refractivity contribution in [1.29, 1.82) is 0 Å². The molecular weight excluding hydrogens is 272 g/mol. The SMILES string of the molecule is CC(=O)OC[C@H]1O[C@H](c2ccccc2)C=C[C@H]1OC(C)=O. The van der Waals surface area contributed by atoms with E-state index in [0.29, 0.717) is 0 Å². The number of hydrogen-bond donors (Lipinski definition) is 0. The lowest BCUT2D eigenvalue weighted by Gasteiger charge is -2.31. The zero-order valence-electron chi connectivity index (χ0n) is 12.0. The molecule has 5 heteroatoms. The van der Waals surface area contributed by atoms with E-state index in [2.05, 4.69) is 0 Å². The summed E-state index contributed by atoms with van der Waals surface area (Å²) in [6.07, 6.45) is 2.29. The molecule has 1 heterocycles. The van der Waals surface area contributed by atoms with Crippen LogP contribution in [0.1, 0.15) is 25.5 Å². The van der Waals surface area contributed by atoms with Gasteiger partial charge in [0.05, 0.1) is 0 Å². The Morgan fingerprint density at radius 1 is 1.10 bits per heavy atom. The fourth-order valence-corrected chi connectivity index (χ4v) is 2.12. The Kier molecular flexibility index (Phi) is 5.11. The summed E-state index contributed by atoms with van der Waals surface area (Å²) in [6.45, 7) is 2.70. The molecule has 1 aliphatic rings. The molecule has 0 aliphatic carbocycles. The summed E-state index contributed by atoms with van der Waals surface area (Å²) in [5.41, 5.74) is 0.989. The van der Waals surface area contributed by atoms with Crippen molar-refractivity contribution in [3.05, 3.63) is 48.0 Å². The highest BCUT2D eigenvalue weighted by molar-refractivity contribution is 5.66. The van der Waals surface area contributed by atoms with Crippen LogP contribution < -0.4 is 0 Å². The van der Waals surface area contributed by atoms with Gasteiger partial charge in [-0.1, -0.05) is 36.4 Å². The molecule has 1 aromatic rings. The van der Waals surface area contributed by atoms with Crippen LogP contribution in [0.3, 0.4) is 0 Å². The van der Waals surface area contributed by atoms with Crippen molar-refractivity contribution in [2.75, 3.05) is 6.61 Å². The average molecular weight is 290 g/mol. The van der Waals surface area contributed by atoms with Crippen molar-refractivity contribution in [2.45, 2.75) is 32.2 Å². The van der Waals surface area contributed by atoms with Gasteiger partial charge >= 0.3 is 11.9 Å². The number of rotatable bonds is 4. The first-order valence-corrected chi connectivity index (χ1v) is 6.75. The van der Waals surface area contributed by atoms with Crippen LogP contribution in [0.2, 0.25) is 0 Å². The molecule has 0 N–H and O–H groups in total. The summed E-state index contributed by atoms with van der Waals surface area (Å²) in [4.78, 5) is 22.1. The van der Waals surface area contributed by atoms with Gasteiger partial charge in [0, 0.05) is 13.8 Å². The maximum atomic E-state index is 11.1. The number of benzene rings is 1. The second-order valence-electron chi connectivity index (χ2n) is 4.77. The Hall–Kier alpha value is -2.14. The normalized spacial score (nSPS) is 24.4. The van der Waals surface area contributed by atoms with Crippen LogP contribution in [-0.4, -0.2) is 30.8 Å². The zero-order valence-corrected chi connectivity index (χ0v) is 12.0. The molecule has 0 unspecified atom stereocenters. The first kappa shape index (κ1) is 15.3. The van der Waals surface area contributed by atoms with Crippen molar-refractivity contribution >= 4 is 11.9 Å². The van der Waals surface area contributed by atoms with Crippen LogP contribution in [0, 0.1) is 0 Å². The maximum Gasteiger partial charge on any atom is 0.303 e. The fourth-order valence-electron chi connectivity index (χ4n) is 2.12. The van der Waals surface area contributed by atoms with Gasteiger partial charge in [-0.3, -0.25) is 9.59 Å². The molecule has 0 aromatic heterocycles. The third kappa shape index (κ3) is 4.43. The van der Waals surface area contributed by atoms with Crippen LogP contribution >= 0.6 is 0 Å². The molecule has 0 fully saturated rings. The van der Waals surface area contributed by atoms with Crippen molar-refractivity contribution in [3.63, 3.8) is 0 Å². The Morgan fingerprint density at radius 3 is 2.43 bits per heavy atom. The van der Waals surface area contributed by atoms with E-state index in [9.17, 15) is 9.59 Å². The lowest BCUT2D eigenvalue weighted by molar-refractivity contribution is -0.163. The predicted octanol–water partition coefficient (Wildman–Crippen LogP) is 2.18. The summed E-state index contributed by atoms with van der Waals surface area (Å²) < 4.78 is 16.1. The number of hydrogen-bond acceptors (Lipinski definition) is 5. The van der Waals surface area contributed by atoms with E-state index in [1.54, 1.807) is 6.08 Å². The minimum Gasteiger partial charge on any atom is -0.463 e. The summed E-state index contributed by atoms with van der Waals surface area (Å²) in [5, 5.41) is 0. The highest BCUT2D eigenvalue weighted by Gasteiger charge is 2.31. The van der Waals surface area contributed by atoms with Gasteiger partial charge in [-0.15, -0.1) is 0 Å². The van der Waals surface area contributed by atoms with Crippen molar-refractivity contribution in [1.82, 2.24) is 0 Å².